The van der Waals surface area contributed by atoms with E-state index >= 15 is 0 Å². The summed E-state index contributed by atoms with van der Waals surface area (Å²) in [7, 11) is 0. The molecule has 1 aliphatic rings. The van der Waals surface area contributed by atoms with Crippen molar-refractivity contribution in [3.8, 4) is 17.1 Å². The molecule has 1 heterocycles. The van der Waals surface area contributed by atoms with Gasteiger partial charge in [0.25, 0.3) is 0 Å². The van der Waals surface area contributed by atoms with Crippen LogP contribution in [0.2, 0.25) is 5.02 Å². The Morgan fingerprint density at radius 3 is 2.77 bits per heavy atom. The van der Waals surface area contributed by atoms with Gasteiger partial charge in [-0.2, -0.15) is 4.98 Å². The lowest BCUT2D eigenvalue weighted by Gasteiger charge is -2.21. The van der Waals surface area contributed by atoms with E-state index < -0.39 is 0 Å². The largest absolute Gasteiger partial charge is 0.489 e. The van der Waals surface area contributed by atoms with Gasteiger partial charge >= 0.3 is 0 Å². The van der Waals surface area contributed by atoms with Gasteiger partial charge in [-0.15, -0.1) is 0 Å². The average Bonchev–Trinajstić information content (AvgIpc) is 3.26. The maximum Gasteiger partial charge on any atom is 0.230 e. The summed E-state index contributed by atoms with van der Waals surface area (Å²) in [6.45, 7) is 2.64. The number of fused-ring (bicyclic) bond motifs is 1. The van der Waals surface area contributed by atoms with Gasteiger partial charge in [0.2, 0.25) is 11.7 Å². The van der Waals surface area contributed by atoms with E-state index in [0.717, 1.165) is 53.3 Å². The number of nitrogens with one attached hydrogen (secondary N) is 1. The molecule has 1 saturated carbocycles. The Kier molecular flexibility index (Phi) is 6.73. The third kappa shape index (κ3) is 5.33. The van der Waals surface area contributed by atoms with Gasteiger partial charge in [-0.1, -0.05) is 60.4 Å². The maximum absolute atomic E-state index is 7.98. The minimum Gasteiger partial charge on any atom is -0.489 e. The van der Waals surface area contributed by atoms with Crippen LogP contribution in [0, 0.1) is 17.2 Å². The molecule has 1 aromatic heterocycles. The van der Waals surface area contributed by atoms with E-state index in [1.54, 1.807) is 0 Å². The van der Waals surface area contributed by atoms with Gasteiger partial charge in [0.1, 0.15) is 12.4 Å². The molecular formula is C28H29ClN4O2. The van der Waals surface area contributed by atoms with Gasteiger partial charge in [-0.05, 0) is 71.8 Å². The highest BCUT2D eigenvalue weighted by Crippen LogP contribution is 2.37. The van der Waals surface area contributed by atoms with E-state index in [0.29, 0.717) is 29.3 Å². The first-order valence-electron chi connectivity index (χ1n) is 12.0. The quantitative estimate of drug-likeness (QED) is 0.173. The average molecular weight is 489 g/mol. The lowest BCUT2D eigenvalue weighted by atomic mass is 9.86. The number of hydrogen-bond acceptors (Lipinski definition) is 5. The molecule has 0 bridgehead atoms. The SMILES string of the molecule is CC1CCC[C@@H](c2nc(-c3ccc4cc(OCc5cccc(Cl)c5)ccc4c3)no2)CC1C(=N)N. The predicted octanol–water partition coefficient (Wildman–Crippen LogP) is 6.97. The Bertz CT molecular complexity index is 1350. The van der Waals surface area contributed by atoms with Crippen LogP contribution in [-0.4, -0.2) is 16.0 Å². The van der Waals surface area contributed by atoms with Crippen molar-refractivity contribution in [2.75, 3.05) is 0 Å². The summed E-state index contributed by atoms with van der Waals surface area (Å²) in [6.07, 6.45) is 3.90. The summed E-state index contributed by atoms with van der Waals surface area (Å²) in [5.41, 5.74) is 7.82. The summed E-state index contributed by atoms with van der Waals surface area (Å²) in [6, 6.07) is 19.8. The number of aromatic nitrogens is 2. The zero-order valence-electron chi connectivity index (χ0n) is 19.7. The molecule has 7 heteroatoms. The molecule has 3 aromatic carbocycles. The highest BCUT2D eigenvalue weighted by atomic mass is 35.5. The molecule has 0 amide bonds. The fraction of sp³-hybridized carbons (Fsp3) is 0.321. The summed E-state index contributed by atoms with van der Waals surface area (Å²) in [5.74, 6) is 2.89. The van der Waals surface area contributed by atoms with Crippen LogP contribution in [0.15, 0.2) is 65.2 Å². The summed E-state index contributed by atoms with van der Waals surface area (Å²) in [5, 5.41) is 15.1. The number of amidine groups is 1. The van der Waals surface area contributed by atoms with Crippen LogP contribution in [-0.2, 0) is 6.61 Å². The number of hydrogen-bond donors (Lipinski definition) is 2. The normalized spacial score (nSPS) is 20.5. The first-order chi connectivity index (χ1) is 17.0. The summed E-state index contributed by atoms with van der Waals surface area (Å²) >= 11 is 6.06. The second-order valence-electron chi connectivity index (χ2n) is 9.50. The molecule has 1 fully saturated rings. The molecule has 0 aliphatic heterocycles. The molecule has 3 N–H and O–H groups in total. The van der Waals surface area contributed by atoms with Crippen LogP contribution in [0.25, 0.3) is 22.2 Å². The molecule has 0 saturated heterocycles. The first-order valence-corrected chi connectivity index (χ1v) is 12.4. The van der Waals surface area contributed by atoms with Crippen LogP contribution in [0.4, 0.5) is 0 Å². The Morgan fingerprint density at radius 2 is 1.94 bits per heavy atom. The van der Waals surface area contributed by atoms with Crippen LogP contribution in [0.5, 0.6) is 5.75 Å². The van der Waals surface area contributed by atoms with Crippen molar-refractivity contribution in [3.05, 3.63) is 77.1 Å². The summed E-state index contributed by atoms with van der Waals surface area (Å²) in [4.78, 5) is 4.73. The lowest BCUT2D eigenvalue weighted by Crippen LogP contribution is -2.28. The molecule has 4 aromatic rings. The molecular weight excluding hydrogens is 460 g/mol. The van der Waals surface area contributed by atoms with E-state index in [4.69, 9.17) is 37.0 Å². The highest BCUT2D eigenvalue weighted by Gasteiger charge is 2.31. The van der Waals surface area contributed by atoms with Gasteiger partial charge in [0.05, 0.1) is 5.84 Å². The standard InChI is InChI=1S/C28H29ClN4O2/c1-17-4-2-6-22(15-25(17)26(30)31)28-32-27(33-35-28)21-9-8-20-14-24(11-10-19(20)13-21)34-16-18-5-3-7-23(29)12-18/h3,5,7-14,17,22,25H,2,4,6,15-16H2,1H3,(H3,30,31)/t17?,22-,25?/m1/s1. The smallest absolute Gasteiger partial charge is 0.230 e. The summed E-state index contributed by atoms with van der Waals surface area (Å²) < 4.78 is 11.7. The van der Waals surface area contributed by atoms with Gasteiger partial charge in [0, 0.05) is 22.4 Å². The predicted molar refractivity (Wildman–Crippen MR) is 139 cm³/mol. The van der Waals surface area contributed by atoms with Gasteiger partial charge in [0.15, 0.2) is 0 Å². The van der Waals surface area contributed by atoms with Crippen molar-refractivity contribution in [2.24, 2.45) is 17.6 Å². The van der Waals surface area contributed by atoms with E-state index in [1.165, 1.54) is 0 Å². The third-order valence-electron chi connectivity index (χ3n) is 6.99. The number of benzene rings is 3. The zero-order valence-corrected chi connectivity index (χ0v) is 20.5. The molecule has 180 valence electrons. The number of rotatable bonds is 6. The molecule has 2 unspecified atom stereocenters. The minimum absolute atomic E-state index is 0.0637. The molecule has 6 nitrogen and oxygen atoms in total. The van der Waals surface area contributed by atoms with Crippen molar-refractivity contribution in [1.29, 1.82) is 5.41 Å². The van der Waals surface area contributed by atoms with E-state index in [9.17, 15) is 0 Å². The van der Waals surface area contributed by atoms with Crippen molar-refractivity contribution in [3.63, 3.8) is 0 Å². The van der Waals surface area contributed by atoms with Crippen LogP contribution in [0.3, 0.4) is 0 Å². The molecule has 3 atom stereocenters. The fourth-order valence-electron chi connectivity index (χ4n) is 4.97. The first kappa shape index (κ1) is 23.4. The van der Waals surface area contributed by atoms with Crippen LogP contribution < -0.4 is 10.5 Å². The topological polar surface area (TPSA) is 98.0 Å². The van der Waals surface area contributed by atoms with Gasteiger partial charge in [-0.25, -0.2) is 0 Å². The van der Waals surface area contributed by atoms with Crippen molar-refractivity contribution < 1.29 is 9.26 Å². The van der Waals surface area contributed by atoms with Gasteiger partial charge in [-0.3, -0.25) is 5.41 Å². The minimum atomic E-state index is 0.0637. The van der Waals surface area contributed by atoms with Crippen LogP contribution in [0.1, 0.15) is 50.0 Å². The third-order valence-corrected chi connectivity index (χ3v) is 7.23. The van der Waals surface area contributed by atoms with Crippen LogP contribution >= 0.6 is 11.6 Å². The second-order valence-corrected chi connectivity index (χ2v) is 9.94. The Balaban J connectivity index is 1.31. The Morgan fingerprint density at radius 1 is 1.11 bits per heavy atom. The number of halogens is 1. The lowest BCUT2D eigenvalue weighted by molar-refractivity contribution is 0.306. The van der Waals surface area contributed by atoms with Crippen molar-refractivity contribution in [2.45, 2.75) is 45.1 Å². The fourth-order valence-corrected chi connectivity index (χ4v) is 5.18. The molecule has 0 spiro atoms. The van der Waals surface area contributed by atoms with E-state index in [-0.39, 0.29) is 17.7 Å². The molecule has 35 heavy (non-hydrogen) atoms. The van der Waals surface area contributed by atoms with Gasteiger partial charge < -0.3 is 15.0 Å². The Hall–Kier alpha value is -3.38. The van der Waals surface area contributed by atoms with Crippen molar-refractivity contribution >= 4 is 28.2 Å². The molecule has 0 radical (unpaired) electrons. The van der Waals surface area contributed by atoms with E-state index in [1.807, 2.05) is 54.6 Å². The monoisotopic (exact) mass is 488 g/mol. The second kappa shape index (κ2) is 10.1. The molecule has 1 aliphatic carbocycles. The zero-order chi connectivity index (χ0) is 24.4. The highest BCUT2D eigenvalue weighted by molar-refractivity contribution is 6.30. The number of nitrogens with zero attached hydrogens (tertiary/aromatic N) is 2. The molecule has 5 rings (SSSR count). The maximum atomic E-state index is 7.98. The van der Waals surface area contributed by atoms with E-state index in [2.05, 4.69) is 18.1 Å². The number of nitrogens with two attached hydrogens (primary N) is 1. The Labute approximate surface area is 209 Å². The number of ether oxygens (including phenoxy) is 1. The van der Waals surface area contributed by atoms with Crippen molar-refractivity contribution in [1.82, 2.24) is 10.1 Å².